The molecule has 0 amide bonds. The van der Waals surface area contributed by atoms with Crippen molar-refractivity contribution in [2.24, 2.45) is 5.92 Å². The fraction of sp³-hybridized carbons (Fsp3) is 0.650. The van der Waals surface area contributed by atoms with Crippen LogP contribution in [0.2, 0.25) is 0 Å². The molecule has 2 fully saturated rings. The molecule has 0 spiro atoms. The maximum Gasteiger partial charge on any atom is 0.163 e. The van der Waals surface area contributed by atoms with E-state index in [9.17, 15) is 4.79 Å². The van der Waals surface area contributed by atoms with E-state index in [1.807, 2.05) is 6.07 Å². The number of aryl methyl sites for hydroxylation is 2. The van der Waals surface area contributed by atoms with Crippen molar-refractivity contribution in [1.82, 2.24) is 4.90 Å². The molecule has 1 aliphatic heterocycles. The van der Waals surface area contributed by atoms with Crippen molar-refractivity contribution in [3.63, 3.8) is 0 Å². The first-order valence-electron chi connectivity index (χ1n) is 9.00. The average molecular weight is 299 g/mol. The van der Waals surface area contributed by atoms with Crippen molar-refractivity contribution >= 4 is 5.78 Å². The number of ketones is 1. The van der Waals surface area contributed by atoms with Crippen molar-refractivity contribution in [2.75, 3.05) is 13.1 Å². The Morgan fingerprint density at radius 1 is 1.09 bits per heavy atom. The molecule has 2 unspecified atom stereocenters. The van der Waals surface area contributed by atoms with E-state index in [2.05, 4.69) is 30.9 Å². The lowest BCUT2D eigenvalue weighted by molar-refractivity contribution is 0.0962. The third kappa shape index (κ3) is 3.27. The second-order valence-electron chi connectivity index (χ2n) is 7.23. The predicted octanol–water partition coefficient (Wildman–Crippen LogP) is 4.53. The summed E-state index contributed by atoms with van der Waals surface area (Å²) in [6, 6.07) is 6.92. The molecular formula is C20H29NO. The molecule has 2 aliphatic rings. The predicted molar refractivity (Wildman–Crippen MR) is 91.4 cm³/mol. The Hall–Kier alpha value is -1.15. The Labute approximate surface area is 134 Å². The van der Waals surface area contributed by atoms with Crippen LogP contribution in [0.25, 0.3) is 0 Å². The van der Waals surface area contributed by atoms with Gasteiger partial charge in [-0.1, -0.05) is 24.6 Å². The van der Waals surface area contributed by atoms with Crippen LogP contribution in [0.5, 0.6) is 0 Å². The zero-order valence-corrected chi connectivity index (χ0v) is 14.1. The lowest BCUT2D eigenvalue weighted by Gasteiger charge is -2.29. The minimum absolute atomic E-state index is 0.350. The molecule has 2 atom stereocenters. The van der Waals surface area contributed by atoms with E-state index in [1.165, 1.54) is 45.2 Å². The first kappa shape index (κ1) is 15.7. The van der Waals surface area contributed by atoms with Crippen LogP contribution in [0.3, 0.4) is 0 Å². The number of hydrogen-bond donors (Lipinski definition) is 0. The number of Topliss-reactive ketones (excluding diaryl/α,β-unsaturated/α-hetero) is 1. The highest BCUT2D eigenvalue weighted by Gasteiger charge is 2.33. The summed E-state index contributed by atoms with van der Waals surface area (Å²) in [5.41, 5.74) is 3.23. The monoisotopic (exact) mass is 299 g/mol. The fourth-order valence-corrected chi connectivity index (χ4v) is 4.60. The summed E-state index contributed by atoms with van der Waals surface area (Å²) < 4.78 is 0. The Balaban J connectivity index is 1.60. The molecule has 1 saturated heterocycles. The highest BCUT2D eigenvalue weighted by atomic mass is 16.1. The summed E-state index contributed by atoms with van der Waals surface area (Å²) in [5.74, 6) is 1.09. The van der Waals surface area contributed by atoms with E-state index in [4.69, 9.17) is 0 Å². The van der Waals surface area contributed by atoms with Gasteiger partial charge in [0, 0.05) is 18.0 Å². The zero-order valence-electron chi connectivity index (χ0n) is 14.1. The lowest BCUT2D eigenvalue weighted by Crippen LogP contribution is -2.35. The number of hydrogen-bond acceptors (Lipinski definition) is 2. The molecule has 1 aromatic rings. The van der Waals surface area contributed by atoms with E-state index in [1.54, 1.807) is 0 Å². The van der Waals surface area contributed by atoms with Crippen LogP contribution in [0.1, 0.15) is 66.4 Å². The van der Waals surface area contributed by atoms with Crippen LogP contribution in [-0.2, 0) is 0 Å². The Kier molecular flexibility index (Phi) is 4.97. The summed E-state index contributed by atoms with van der Waals surface area (Å²) in [5, 5.41) is 0. The third-order valence-electron chi connectivity index (χ3n) is 5.73. The van der Waals surface area contributed by atoms with Gasteiger partial charge in [-0.15, -0.1) is 0 Å². The van der Waals surface area contributed by atoms with Crippen molar-refractivity contribution in [1.29, 1.82) is 0 Å². The van der Waals surface area contributed by atoms with E-state index in [0.717, 1.165) is 41.5 Å². The molecular weight excluding hydrogens is 270 g/mol. The molecule has 2 heteroatoms. The van der Waals surface area contributed by atoms with Crippen LogP contribution in [0.15, 0.2) is 18.2 Å². The molecule has 0 radical (unpaired) electrons. The van der Waals surface area contributed by atoms with Crippen LogP contribution >= 0.6 is 0 Å². The van der Waals surface area contributed by atoms with E-state index in [-0.39, 0.29) is 0 Å². The van der Waals surface area contributed by atoms with Crippen LogP contribution < -0.4 is 0 Å². The standard InChI is InChI=1S/C20H29NO/c1-15-7-5-8-16(2)20(15)19(22)12-11-17-9-6-10-18(17)21-13-3-4-14-21/h5,7-8,17-18H,3-4,6,9-14H2,1-2H3. The summed E-state index contributed by atoms with van der Waals surface area (Å²) in [6.45, 7) is 6.68. The largest absolute Gasteiger partial charge is 0.300 e. The number of benzene rings is 1. The molecule has 2 nitrogen and oxygen atoms in total. The van der Waals surface area contributed by atoms with Gasteiger partial charge in [0.15, 0.2) is 5.78 Å². The van der Waals surface area contributed by atoms with Crippen molar-refractivity contribution in [3.8, 4) is 0 Å². The molecule has 0 N–H and O–H groups in total. The van der Waals surface area contributed by atoms with Gasteiger partial charge in [0.25, 0.3) is 0 Å². The number of likely N-dealkylation sites (tertiary alicyclic amines) is 1. The number of nitrogens with zero attached hydrogens (tertiary/aromatic N) is 1. The summed E-state index contributed by atoms with van der Waals surface area (Å²) in [6.07, 6.45) is 8.55. The molecule has 22 heavy (non-hydrogen) atoms. The summed E-state index contributed by atoms with van der Waals surface area (Å²) in [7, 11) is 0. The highest BCUT2D eigenvalue weighted by Crippen LogP contribution is 2.35. The number of carbonyl (C=O) groups excluding carboxylic acids is 1. The smallest absolute Gasteiger partial charge is 0.163 e. The molecule has 1 saturated carbocycles. The first-order chi connectivity index (χ1) is 10.7. The Bertz CT molecular complexity index is 510. The maximum atomic E-state index is 12.7. The molecule has 0 aromatic heterocycles. The second-order valence-corrected chi connectivity index (χ2v) is 7.23. The van der Waals surface area contributed by atoms with Crippen LogP contribution in [-0.4, -0.2) is 29.8 Å². The number of rotatable bonds is 5. The SMILES string of the molecule is Cc1cccc(C)c1C(=O)CCC1CCCC1N1CCCC1. The number of carbonyl (C=O) groups is 1. The zero-order chi connectivity index (χ0) is 15.5. The van der Waals surface area contributed by atoms with E-state index < -0.39 is 0 Å². The summed E-state index contributed by atoms with van der Waals surface area (Å²) in [4.78, 5) is 15.4. The molecule has 1 aliphatic carbocycles. The molecule has 120 valence electrons. The molecule has 0 bridgehead atoms. The normalized spacial score (nSPS) is 25.7. The quantitative estimate of drug-likeness (QED) is 0.744. The molecule has 1 aromatic carbocycles. The van der Waals surface area contributed by atoms with Gasteiger partial charge in [-0.25, -0.2) is 0 Å². The van der Waals surface area contributed by atoms with Gasteiger partial charge in [0.05, 0.1) is 0 Å². The van der Waals surface area contributed by atoms with Crippen molar-refractivity contribution in [2.45, 2.75) is 64.8 Å². The Morgan fingerprint density at radius 3 is 2.45 bits per heavy atom. The molecule has 1 heterocycles. The van der Waals surface area contributed by atoms with Crippen LogP contribution in [0.4, 0.5) is 0 Å². The summed E-state index contributed by atoms with van der Waals surface area (Å²) >= 11 is 0. The molecule has 3 rings (SSSR count). The van der Waals surface area contributed by atoms with E-state index in [0.29, 0.717) is 5.78 Å². The first-order valence-corrected chi connectivity index (χ1v) is 9.00. The maximum absolute atomic E-state index is 12.7. The van der Waals surface area contributed by atoms with E-state index >= 15 is 0 Å². The van der Waals surface area contributed by atoms with Crippen LogP contribution in [0, 0.1) is 19.8 Å². The van der Waals surface area contributed by atoms with Crippen molar-refractivity contribution in [3.05, 3.63) is 34.9 Å². The van der Waals surface area contributed by atoms with Gasteiger partial charge in [-0.3, -0.25) is 4.79 Å². The third-order valence-corrected chi connectivity index (χ3v) is 5.73. The van der Waals surface area contributed by atoms with Gasteiger partial charge < -0.3 is 4.90 Å². The van der Waals surface area contributed by atoms with Gasteiger partial charge in [0.2, 0.25) is 0 Å². The van der Waals surface area contributed by atoms with Gasteiger partial charge in [-0.2, -0.15) is 0 Å². The average Bonchev–Trinajstić information content (AvgIpc) is 3.15. The lowest BCUT2D eigenvalue weighted by atomic mass is 9.91. The highest BCUT2D eigenvalue weighted by molar-refractivity contribution is 5.98. The van der Waals surface area contributed by atoms with Crippen molar-refractivity contribution < 1.29 is 4.79 Å². The van der Waals surface area contributed by atoms with Gasteiger partial charge in [0.1, 0.15) is 0 Å². The second kappa shape index (κ2) is 6.95. The minimum atomic E-state index is 0.350. The fourth-order valence-electron chi connectivity index (χ4n) is 4.60. The van der Waals surface area contributed by atoms with Gasteiger partial charge >= 0.3 is 0 Å². The van der Waals surface area contributed by atoms with Gasteiger partial charge in [-0.05, 0) is 76.1 Å². The minimum Gasteiger partial charge on any atom is -0.300 e. The topological polar surface area (TPSA) is 20.3 Å². The Morgan fingerprint density at radius 2 is 1.77 bits per heavy atom.